The largest absolute Gasteiger partial charge is 0.528 e. The van der Waals surface area contributed by atoms with E-state index >= 15 is 0 Å². The van der Waals surface area contributed by atoms with Crippen molar-refractivity contribution >= 4 is 26.6 Å². The molecular formula is C24H21N3O5SY-2. The van der Waals surface area contributed by atoms with E-state index in [4.69, 9.17) is 16.0 Å². The van der Waals surface area contributed by atoms with Gasteiger partial charge in [0.25, 0.3) is 10.0 Å². The van der Waals surface area contributed by atoms with Crippen molar-refractivity contribution in [3.05, 3.63) is 90.0 Å². The normalized spacial score (nSPS) is 10.6. The van der Waals surface area contributed by atoms with Gasteiger partial charge in [-0.2, -0.15) is 8.42 Å². The zero-order valence-corrected chi connectivity index (χ0v) is 22.5. The van der Waals surface area contributed by atoms with Gasteiger partial charge in [0.2, 0.25) is 5.56 Å². The van der Waals surface area contributed by atoms with Crippen LogP contribution >= 0.6 is 0 Å². The zero-order valence-electron chi connectivity index (χ0n) is 18.8. The van der Waals surface area contributed by atoms with Gasteiger partial charge in [0.1, 0.15) is 5.75 Å². The Kier molecular flexibility index (Phi) is 8.84. The molecule has 0 amide bonds. The van der Waals surface area contributed by atoms with Gasteiger partial charge in [0, 0.05) is 38.2 Å². The molecule has 0 aliphatic carbocycles. The van der Waals surface area contributed by atoms with E-state index in [0.29, 0.717) is 29.1 Å². The Balaban J connectivity index is 0.00000204. The Morgan fingerprint density at radius 1 is 1.15 bits per heavy atom. The first kappa shape index (κ1) is 27.3. The molecule has 0 aliphatic rings. The summed E-state index contributed by atoms with van der Waals surface area (Å²) in [4.78, 5) is 21.0. The van der Waals surface area contributed by atoms with Gasteiger partial charge in [-0.1, -0.05) is 41.3 Å². The maximum Gasteiger partial charge on any atom is 0.281 e. The quantitative estimate of drug-likeness (QED) is 0.329. The fraction of sp³-hybridized carbons (Fsp3) is 0.125. The molecule has 0 spiro atoms. The molecule has 1 radical (unpaired) electrons. The van der Waals surface area contributed by atoms with Crippen LogP contribution < -0.4 is 15.0 Å². The summed E-state index contributed by atoms with van der Waals surface area (Å²) in [5.74, 6) is 0.830. The number of fused-ring (bicyclic) bond motifs is 1. The van der Waals surface area contributed by atoms with Crippen LogP contribution in [-0.2, 0) is 42.7 Å². The number of rotatable bonds is 6. The smallest absolute Gasteiger partial charge is 0.281 e. The van der Waals surface area contributed by atoms with Crippen molar-refractivity contribution in [1.82, 2.24) is 8.96 Å². The number of benzene rings is 2. The Hall–Kier alpha value is -2.93. The first-order valence-corrected chi connectivity index (χ1v) is 11.1. The fourth-order valence-electron chi connectivity index (χ4n) is 3.48. The number of para-hydroxylation sites is 1. The maximum absolute atomic E-state index is 13.6. The van der Waals surface area contributed by atoms with Gasteiger partial charge in [-0.15, -0.1) is 12.1 Å². The van der Waals surface area contributed by atoms with Crippen LogP contribution in [0.25, 0.3) is 26.9 Å². The average molecular weight is 552 g/mol. The second-order valence-electron chi connectivity index (χ2n) is 6.73. The molecule has 173 valence electrons. The number of pyridine rings is 1. The number of hydrogen-bond acceptors (Lipinski definition) is 6. The minimum absolute atomic E-state index is 0. The summed E-state index contributed by atoms with van der Waals surface area (Å²) in [6, 6.07) is 14.1. The monoisotopic (exact) mass is 552 g/mol. The van der Waals surface area contributed by atoms with E-state index in [1.54, 1.807) is 24.3 Å². The van der Waals surface area contributed by atoms with E-state index in [-0.39, 0.29) is 61.9 Å². The molecule has 0 unspecified atom stereocenters. The topological polar surface area (TPSA) is 91.9 Å². The Bertz CT molecular complexity index is 1520. The zero-order chi connectivity index (χ0) is 22.9. The molecule has 0 atom stereocenters. The van der Waals surface area contributed by atoms with Crippen LogP contribution in [-0.4, -0.2) is 31.1 Å². The van der Waals surface area contributed by atoms with Crippen molar-refractivity contribution in [1.29, 1.82) is 0 Å². The predicted molar refractivity (Wildman–Crippen MR) is 126 cm³/mol. The Morgan fingerprint density at radius 3 is 2.50 bits per heavy atom. The molecular weight excluding hydrogens is 531 g/mol. The second-order valence-corrected chi connectivity index (χ2v) is 8.46. The van der Waals surface area contributed by atoms with E-state index in [9.17, 15) is 13.2 Å². The summed E-state index contributed by atoms with van der Waals surface area (Å²) in [6.07, 6.45) is 1.27. The van der Waals surface area contributed by atoms with Crippen LogP contribution in [0.4, 0.5) is 5.69 Å². The number of aromatic nitrogens is 2. The summed E-state index contributed by atoms with van der Waals surface area (Å²) < 4.78 is 38.3. The van der Waals surface area contributed by atoms with Gasteiger partial charge in [0.15, 0.2) is 10.7 Å². The summed E-state index contributed by atoms with van der Waals surface area (Å²) in [6.45, 7) is 9.51. The van der Waals surface area contributed by atoms with Gasteiger partial charge in [-0.3, -0.25) is 4.79 Å². The number of nitrogens with zero attached hydrogens (tertiary/aromatic N) is 3. The minimum atomic E-state index is -4.33. The van der Waals surface area contributed by atoms with Crippen molar-refractivity contribution < 1.29 is 50.6 Å². The summed E-state index contributed by atoms with van der Waals surface area (Å²) >= 11 is 0. The summed E-state index contributed by atoms with van der Waals surface area (Å²) in [5, 5.41) is 0.0407. The van der Waals surface area contributed by atoms with Gasteiger partial charge in [-0.25, -0.2) is 13.8 Å². The van der Waals surface area contributed by atoms with E-state index in [2.05, 4.69) is 9.83 Å². The first-order valence-electron chi connectivity index (χ1n) is 9.63. The Morgan fingerprint density at radius 2 is 1.88 bits per heavy atom. The molecule has 4 aromatic rings. The Labute approximate surface area is 223 Å². The number of hydrogen-bond donors (Lipinski definition) is 0. The van der Waals surface area contributed by atoms with Crippen molar-refractivity contribution in [2.24, 2.45) is 0 Å². The molecule has 2 heterocycles. The molecule has 0 fully saturated rings. The molecule has 0 N–H and O–H groups in total. The third-order valence-electron chi connectivity index (χ3n) is 4.90. The maximum atomic E-state index is 13.6. The number of ether oxygens (including phenoxy) is 2. The molecule has 34 heavy (non-hydrogen) atoms. The van der Waals surface area contributed by atoms with Crippen molar-refractivity contribution in [3.63, 3.8) is 0 Å². The van der Waals surface area contributed by atoms with Crippen molar-refractivity contribution in [2.45, 2.75) is 11.9 Å². The van der Waals surface area contributed by atoms with Crippen LogP contribution in [0, 0.1) is 14.0 Å². The number of methoxy groups -OCH3 is 1. The van der Waals surface area contributed by atoms with Crippen LogP contribution in [0.3, 0.4) is 0 Å². The SMILES string of the molecule is [C-]#[N+]c1ccc2c(c1)[c-](-c1ccccc1OCC)c(=O)n2S(=O)(=O)c1ccc(OC)cn1.[CH3-].[Y]. The summed E-state index contributed by atoms with van der Waals surface area (Å²) in [7, 11) is -2.89. The van der Waals surface area contributed by atoms with E-state index < -0.39 is 15.6 Å². The third-order valence-corrected chi connectivity index (χ3v) is 6.51. The molecule has 8 nitrogen and oxygen atoms in total. The van der Waals surface area contributed by atoms with Crippen LogP contribution in [0.2, 0.25) is 0 Å². The van der Waals surface area contributed by atoms with Gasteiger partial charge >= 0.3 is 0 Å². The molecule has 4 rings (SSSR count). The molecule has 0 bridgehead atoms. The second kappa shape index (κ2) is 11.0. The fourth-order valence-corrected chi connectivity index (χ4v) is 4.82. The van der Waals surface area contributed by atoms with Crippen molar-refractivity contribution in [2.75, 3.05) is 13.7 Å². The molecule has 0 saturated heterocycles. The molecule has 0 saturated carbocycles. The van der Waals surface area contributed by atoms with Crippen LogP contribution in [0.1, 0.15) is 6.92 Å². The van der Waals surface area contributed by atoms with Gasteiger partial charge in [-0.05, 0) is 24.6 Å². The average Bonchev–Trinajstić information content (AvgIpc) is 3.11. The standard InChI is InChI=1S/C23H18N3O5S.CH3.Y/c1-4-31-20-8-6-5-7-17(20)22-18-13-15(24-2)9-11-19(18)26(23(22)27)32(28,29)21-12-10-16(30-3)14-25-21;;/h5-14H,4H2,1,3H3;1H3;/q2*-1;. The molecule has 10 heteroatoms. The van der Waals surface area contributed by atoms with Crippen LogP contribution in [0.5, 0.6) is 11.5 Å². The first-order chi connectivity index (χ1) is 15.4. The van der Waals surface area contributed by atoms with Crippen molar-refractivity contribution in [3.8, 4) is 22.6 Å². The van der Waals surface area contributed by atoms with Gasteiger partial charge < -0.3 is 16.9 Å². The molecule has 2 aromatic heterocycles. The molecule has 0 aliphatic heterocycles. The summed E-state index contributed by atoms with van der Waals surface area (Å²) in [5.41, 5.74) is 0.285. The predicted octanol–water partition coefficient (Wildman–Crippen LogP) is 4.43. The third kappa shape index (κ3) is 4.67. The van der Waals surface area contributed by atoms with E-state index in [1.165, 1.54) is 43.6 Å². The van der Waals surface area contributed by atoms with Crippen LogP contribution in [0.15, 0.2) is 70.6 Å². The minimum Gasteiger partial charge on any atom is -0.528 e. The molecule has 2 aromatic carbocycles. The van der Waals surface area contributed by atoms with Gasteiger partial charge in [0.05, 0.1) is 32.2 Å². The van der Waals surface area contributed by atoms with E-state index in [1.807, 2.05) is 6.92 Å². The van der Waals surface area contributed by atoms with E-state index in [0.717, 1.165) is 3.97 Å².